The summed E-state index contributed by atoms with van der Waals surface area (Å²) in [6.07, 6.45) is 0.0288. The normalized spacial score (nSPS) is 34.6. The summed E-state index contributed by atoms with van der Waals surface area (Å²) in [6.45, 7) is 11.3. The molecule has 3 rings (SSSR count). The van der Waals surface area contributed by atoms with E-state index in [1.165, 1.54) is 5.56 Å². The molecular formula is C19H31NO3. The SMILES string of the molecule is CC.C[C@@H]1C(N)[C@@H]2OC(C)(C)O[C@@H]2[C@H]1COCc1ccccc1. The van der Waals surface area contributed by atoms with E-state index in [0.717, 1.165) is 0 Å². The van der Waals surface area contributed by atoms with Crippen LogP contribution < -0.4 is 5.73 Å². The van der Waals surface area contributed by atoms with Crippen LogP contribution in [0, 0.1) is 11.8 Å². The van der Waals surface area contributed by atoms with Gasteiger partial charge in [0.2, 0.25) is 0 Å². The molecule has 2 fully saturated rings. The maximum atomic E-state index is 6.30. The van der Waals surface area contributed by atoms with E-state index in [2.05, 4.69) is 19.1 Å². The number of hydrogen-bond acceptors (Lipinski definition) is 4. The lowest BCUT2D eigenvalue weighted by Gasteiger charge is -2.26. The van der Waals surface area contributed by atoms with Crippen LogP contribution in [0.4, 0.5) is 0 Å². The highest BCUT2D eigenvalue weighted by atomic mass is 16.8. The van der Waals surface area contributed by atoms with Gasteiger partial charge in [-0.2, -0.15) is 0 Å². The second kappa shape index (κ2) is 7.75. The molecular weight excluding hydrogens is 290 g/mol. The van der Waals surface area contributed by atoms with E-state index in [9.17, 15) is 0 Å². The van der Waals surface area contributed by atoms with Gasteiger partial charge >= 0.3 is 0 Å². The lowest BCUT2D eigenvalue weighted by atomic mass is 9.95. The largest absolute Gasteiger partial charge is 0.376 e. The van der Waals surface area contributed by atoms with E-state index in [1.54, 1.807) is 0 Å². The molecule has 1 aliphatic heterocycles. The Morgan fingerprint density at radius 1 is 1.09 bits per heavy atom. The second-order valence-corrected chi connectivity index (χ2v) is 6.67. The lowest BCUT2D eigenvalue weighted by molar-refractivity contribution is -0.164. The fourth-order valence-electron chi connectivity index (χ4n) is 3.46. The second-order valence-electron chi connectivity index (χ2n) is 6.67. The van der Waals surface area contributed by atoms with Crippen molar-refractivity contribution in [3.05, 3.63) is 35.9 Å². The van der Waals surface area contributed by atoms with E-state index < -0.39 is 5.79 Å². The van der Waals surface area contributed by atoms with Crippen molar-refractivity contribution in [2.45, 2.75) is 65.3 Å². The van der Waals surface area contributed by atoms with Gasteiger partial charge in [0, 0.05) is 12.0 Å². The Balaban J connectivity index is 0.000000924. The van der Waals surface area contributed by atoms with Crippen molar-refractivity contribution in [1.82, 2.24) is 0 Å². The zero-order valence-corrected chi connectivity index (χ0v) is 15.0. The Morgan fingerprint density at radius 3 is 2.35 bits per heavy atom. The molecule has 1 saturated heterocycles. The zero-order valence-electron chi connectivity index (χ0n) is 15.0. The molecule has 130 valence electrons. The van der Waals surface area contributed by atoms with E-state index in [4.69, 9.17) is 19.9 Å². The summed E-state index contributed by atoms with van der Waals surface area (Å²) in [5.41, 5.74) is 7.49. The first-order valence-electron chi connectivity index (χ1n) is 8.71. The van der Waals surface area contributed by atoms with Crippen molar-refractivity contribution >= 4 is 0 Å². The number of fused-ring (bicyclic) bond motifs is 1. The molecule has 0 bridgehead atoms. The first-order chi connectivity index (χ1) is 11.0. The first-order valence-corrected chi connectivity index (χ1v) is 8.71. The summed E-state index contributed by atoms with van der Waals surface area (Å²) in [6, 6.07) is 10.2. The number of nitrogens with two attached hydrogens (primary N) is 1. The van der Waals surface area contributed by atoms with Crippen LogP contribution in [-0.2, 0) is 20.8 Å². The summed E-state index contributed by atoms with van der Waals surface area (Å²) in [5, 5.41) is 0. The number of hydrogen-bond donors (Lipinski definition) is 1. The van der Waals surface area contributed by atoms with E-state index in [1.807, 2.05) is 45.9 Å². The predicted molar refractivity (Wildman–Crippen MR) is 91.9 cm³/mol. The van der Waals surface area contributed by atoms with Crippen LogP contribution in [0.5, 0.6) is 0 Å². The van der Waals surface area contributed by atoms with E-state index in [0.29, 0.717) is 19.1 Å². The quantitative estimate of drug-likeness (QED) is 0.924. The summed E-state index contributed by atoms with van der Waals surface area (Å²) in [4.78, 5) is 0. The Bertz CT molecular complexity index is 477. The van der Waals surface area contributed by atoms with Crippen LogP contribution in [0.3, 0.4) is 0 Å². The molecule has 2 N–H and O–H groups in total. The van der Waals surface area contributed by atoms with Gasteiger partial charge in [0.1, 0.15) is 6.10 Å². The molecule has 5 atom stereocenters. The maximum absolute atomic E-state index is 6.30. The van der Waals surface area contributed by atoms with Crippen LogP contribution >= 0.6 is 0 Å². The molecule has 0 amide bonds. The van der Waals surface area contributed by atoms with Crippen LogP contribution in [0.2, 0.25) is 0 Å². The van der Waals surface area contributed by atoms with Crippen molar-refractivity contribution < 1.29 is 14.2 Å². The van der Waals surface area contributed by atoms with Gasteiger partial charge in [-0.05, 0) is 25.3 Å². The minimum atomic E-state index is -0.537. The molecule has 2 aliphatic rings. The molecule has 0 aromatic heterocycles. The number of ether oxygens (including phenoxy) is 3. The molecule has 1 aliphatic carbocycles. The Morgan fingerprint density at radius 2 is 1.70 bits per heavy atom. The van der Waals surface area contributed by atoms with Crippen LogP contribution in [0.15, 0.2) is 30.3 Å². The van der Waals surface area contributed by atoms with Crippen molar-refractivity contribution in [1.29, 1.82) is 0 Å². The third-order valence-electron chi connectivity index (χ3n) is 4.67. The van der Waals surface area contributed by atoms with Crippen LogP contribution in [0.1, 0.15) is 40.2 Å². The van der Waals surface area contributed by atoms with Crippen LogP contribution in [-0.4, -0.2) is 30.6 Å². The average molecular weight is 321 g/mol. The zero-order chi connectivity index (χ0) is 17.0. The molecule has 23 heavy (non-hydrogen) atoms. The fourth-order valence-corrected chi connectivity index (χ4v) is 3.46. The molecule has 0 spiro atoms. The highest BCUT2D eigenvalue weighted by Crippen LogP contribution is 2.44. The summed E-state index contributed by atoms with van der Waals surface area (Å²) >= 11 is 0. The minimum Gasteiger partial charge on any atom is -0.376 e. The smallest absolute Gasteiger partial charge is 0.163 e. The van der Waals surface area contributed by atoms with Gasteiger partial charge in [0.05, 0.1) is 19.3 Å². The van der Waals surface area contributed by atoms with Crippen molar-refractivity contribution in [3.63, 3.8) is 0 Å². The van der Waals surface area contributed by atoms with Gasteiger partial charge in [-0.3, -0.25) is 0 Å². The highest BCUT2D eigenvalue weighted by Gasteiger charge is 2.56. The van der Waals surface area contributed by atoms with E-state index in [-0.39, 0.29) is 24.2 Å². The van der Waals surface area contributed by atoms with Crippen molar-refractivity contribution in [2.24, 2.45) is 17.6 Å². The monoisotopic (exact) mass is 321 g/mol. The van der Waals surface area contributed by atoms with E-state index >= 15 is 0 Å². The van der Waals surface area contributed by atoms with Gasteiger partial charge in [0.15, 0.2) is 5.79 Å². The van der Waals surface area contributed by atoms with Gasteiger partial charge in [-0.25, -0.2) is 0 Å². The van der Waals surface area contributed by atoms with Crippen molar-refractivity contribution in [2.75, 3.05) is 6.61 Å². The molecule has 1 aromatic carbocycles. The average Bonchev–Trinajstić information content (AvgIpc) is 2.97. The molecule has 0 radical (unpaired) electrons. The molecule has 1 saturated carbocycles. The van der Waals surface area contributed by atoms with Gasteiger partial charge in [-0.1, -0.05) is 51.1 Å². The predicted octanol–water partition coefficient (Wildman–Crippen LogP) is 3.34. The van der Waals surface area contributed by atoms with Crippen LogP contribution in [0.25, 0.3) is 0 Å². The summed E-state index contributed by atoms with van der Waals surface area (Å²) < 4.78 is 17.9. The molecule has 1 heterocycles. The fraction of sp³-hybridized carbons (Fsp3) is 0.684. The lowest BCUT2D eigenvalue weighted by Crippen LogP contribution is -2.38. The Hall–Kier alpha value is -0.940. The standard InChI is InChI=1S/C17H25NO3.C2H6/c1-11-13(10-19-9-12-7-5-4-6-8-12)15-16(14(11)18)21-17(2,3)20-15;1-2/h4-8,11,13-16H,9-10,18H2,1-3H3;1-2H3/t11-,13-,14?,15+,16-;/m0./s1. The van der Waals surface area contributed by atoms with Gasteiger partial charge < -0.3 is 19.9 Å². The van der Waals surface area contributed by atoms with Crippen molar-refractivity contribution in [3.8, 4) is 0 Å². The summed E-state index contributed by atoms with van der Waals surface area (Å²) in [7, 11) is 0. The first kappa shape index (κ1) is 18.4. The molecule has 1 unspecified atom stereocenters. The Kier molecular flexibility index (Phi) is 6.20. The Labute approximate surface area is 140 Å². The molecule has 4 nitrogen and oxygen atoms in total. The molecule has 1 aromatic rings. The summed E-state index contributed by atoms with van der Waals surface area (Å²) in [5.74, 6) is 0.0903. The third kappa shape index (κ3) is 4.13. The minimum absolute atomic E-state index is 0.0136. The van der Waals surface area contributed by atoms with Gasteiger partial charge in [-0.15, -0.1) is 0 Å². The maximum Gasteiger partial charge on any atom is 0.163 e. The van der Waals surface area contributed by atoms with Gasteiger partial charge in [0.25, 0.3) is 0 Å². The number of rotatable bonds is 4. The number of benzene rings is 1. The third-order valence-corrected chi connectivity index (χ3v) is 4.67. The molecule has 4 heteroatoms. The highest BCUT2D eigenvalue weighted by molar-refractivity contribution is 5.13. The topological polar surface area (TPSA) is 53.7 Å².